The van der Waals surface area contributed by atoms with Crippen molar-refractivity contribution in [1.29, 1.82) is 0 Å². The predicted molar refractivity (Wildman–Crippen MR) is 97.9 cm³/mol. The minimum Gasteiger partial charge on any atom is -0.258 e. The second kappa shape index (κ2) is 7.42. The Morgan fingerprint density at radius 1 is 0.960 bits per heavy atom. The molecule has 1 N–H and O–H groups in total. The van der Waals surface area contributed by atoms with Crippen LogP contribution in [0.5, 0.6) is 0 Å². The molecule has 0 bridgehead atoms. The summed E-state index contributed by atoms with van der Waals surface area (Å²) in [5.41, 5.74) is 5.04. The van der Waals surface area contributed by atoms with Crippen molar-refractivity contribution >= 4 is 5.69 Å². The van der Waals surface area contributed by atoms with Gasteiger partial charge >= 0.3 is 0 Å². The van der Waals surface area contributed by atoms with Crippen molar-refractivity contribution in [2.45, 2.75) is 76.4 Å². The van der Waals surface area contributed by atoms with Crippen LogP contribution in [0.4, 0.5) is 5.69 Å². The van der Waals surface area contributed by atoms with E-state index in [0.717, 1.165) is 23.9 Å². The maximum atomic E-state index is 10.8. The molecule has 1 heterocycles. The number of nitro groups is 1. The van der Waals surface area contributed by atoms with Crippen molar-refractivity contribution in [3.63, 3.8) is 0 Å². The lowest BCUT2D eigenvalue weighted by molar-refractivity contribution is -0.384. The van der Waals surface area contributed by atoms with Crippen LogP contribution in [0.15, 0.2) is 24.3 Å². The lowest BCUT2D eigenvalue weighted by Gasteiger charge is -2.53. The van der Waals surface area contributed by atoms with Gasteiger partial charge in [-0.15, -0.1) is 0 Å². The first kappa shape index (κ1) is 17.0. The largest absolute Gasteiger partial charge is 0.269 e. The van der Waals surface area contributed by atoms with Crippen LogP contribution in [0.1, 0.15) is 63.4 Å². The lowest BCUT2D eigenvalue weighted by atomic mass is 9.69. The molecule has 0 amide bonds. The van der Waals surface area contributed by atoms with Crippen molar-refractivity contribution < 1.29 is 4.92 Å². The van der Waals surface area contributed by atoms with Crippen molar-refractivity contribution in [1.82, 2.24) is 10.4 Å². The molecule has 4 rings (SSSR count). The van der Waals surface area contributed by atoms with Gasteiger partial charge in [0.05, 0.1) is 4.92 Å². The average Bonchev–Trinajstić information content (AvgIpc) is 2.65. The molecular formula is C20H29N3O2. The van der Waals surface area contributed by atoms with Crippen LogP contribution in [-0.4, -0.2) is 22.0 Å². The van der Waals surface area contributed by atoms with Gasteiger partial charge in [-0.25, -0.2) is 5.01 Å². The minimum absolute atomic E-state index is 0.168. The van der Waals surface area contributed by atoms with Crippen LogP contribution in [-0.2, 0) is 6.54 Å². The number of nitrogens with zero attached hydrogens (tertiary/aromatic N) is 2. The Labute approximate surface area is 149 Å². The Morgan fingerprint density at radius 2 is 1.52 bits per heavy atom. The first-order valence-electron chi connectivity index (χ1n) is 9.97. The number of fused-ring (bicyclic) bond motifs is 2. The van der Waals surface area contributed by atoms with E-state index >= 15 is 0 Å². The van der Waals surface area contributed by atoms with Crippen LogP contribution >= 0.6 is 0 Å². The summed E-state index contributed by atoms with van der Waals surface area (Å²) in [7, 11) is 0. The highest BCUT2D eigenvalue weighted by Gasteiger charge is 2.44. The van der Waals surface area contributed by atoms with Gasteiger partial charge in [0.25, 0.3) is 5.69 Å². The fourth-order valence-electron chi connectivity index (χ4n) is 5.45. The first-order valence-corrected chi connectivity index (χ1v) is 9.97. The zero-order chi connectivity index (χ0) is 17.2. The van der Waals surface area contributed by atoms with E-state index in [-0.39, 0.29) is 10.6 Å². The number of hydrazine groups is 1. The Balaban J connectivity index is 1.46. The summed E-state index contributed by atoms with van der Waals surface area (Å²) in [5, 5.41) is 13.4. The first-order chi connectivity index (χ1) is 12.2. The van der Waals surface area contributed by atoms with E-state index < -0.39 is 0 Å². The molecular weight excluding hydrogens is 314 g/mol. The Kier molecular flexibility index (Phi) is 5.04. The monoisotopic (exact) mass is 343 g/mol. The summed E-state index contributed by atoms with van der Waals surface area (Å²) < 4.78 is 0. The fourth-order valence-corrected chi connectivity index (χ4v) is 5.45. The number of non-ortho nitro benzene ring substituents is 1. The lowest BCUT2D eigenvalue weighted by Crippen LogP contribution is -2.61. The molecule has 0 unspecified atom stereocenters. The van der Waals surface area contributed by atoms with Gasteiger partial charge in [0, 0.05) is 30.8 Å². The second-order valence-corrected chi connectivity index (χ2v) is 8.13. The number of rotatable bonds is 4. The summed E-state index contributed by atoms with van der Waals surface area (Å²) in [4.78, 5) is 10.5. The van der Waals surface area contributed by atoms with Crippen molar-refractivity contribution in [3.05, 3.63) is 39.9 Å². The third-order valence-electron chi connectivity index (χ3n) is 6.67. The van der Waals surface area contributed by atoms with Gasteiger partial charge in [-0.2, -0.15) is 0 Å². The van der Waals surface area contributed by atoms with E-state index in [1.54, 1.807) is 12.1 Å². The highest BCUT2D eigenvalue weighted by atomic mass is 16.6. The van der Waals surface area contributed by atoms with Crippen LogP contribution in [0.25, 0.3) is 0 Å². The zero-order valence-corrected chi connectivity index (χ0v) is 14.9. The number of benzene rings is 1. The predicted octanol–water partition coefficient (Wildman–Crippen LogP) is 4.42. The molecule has 3 fully saturated rings. The quantitative estimate of drug-likeness (QED) is 0.649. The number of hydrogen-bond acceptors (Lipinski definition) is 4. The van der Waals surface area contributed by atoms with E-state index in [1.807, 2.05) is 12.1 Å². The maximum absolute atomic E-state index is 10.8. The summed E-state index contributed by atoms with van der Waals surface area (Å²) >= 11 is 0. The van der Waals surface area contributed by atoms with E-state index in [2.05, 4.69) is 10.4 Å². The van der Waals surface area contributed by atoms with Crippen LogP contribution in [0.3, 0.4) is 0 Å². The molecule has 136 valence electrons. The minimum atomic E-state index is -0.332. The molecule has 25 heavy (non-hydrogen) atoms. The standard InChI is InChI=1S/C20H29N3O2/c24-23(25)18-11-9-15(10-12-18)14-21-22-19-7-3-1-5-16(19)13-17-6-2-4-8-20(17)22/h9-12,16-17,19-21H,1-8,13-14H2/t16-,17-,19+,20+/m1/s1. The van der Waals surface area contributed by atoms with E-state index in [1.165, 1.54) is 57.8 Å². The highest BCUT2D eigenvalue weighted by Crippen LogP contribution is 2.44. The third-order valence-corrected chi connectivity index (χ3v) is 6.67. The number of piperidine rings is 1. The third kappa shape index (κ3) is 3.58. The normalized spacial score (nSPS) is 32.6. The number of hydrogen-bond donors (Lipinski definition) is 1. The second-order valence-electron chi connectivity index (χ2n) is 8.13. The Hall–Kier alpha value is -1.46. The van der Waals surface area contributed by atoms with Gasteiger partial charge in [-0.3, -0.25) is 15.5 Å². The van der Waals surface area contributed by atoms with Gasteiger partial charge in [-0.1, -0.05) is 37.8 Å². The van der Waals surface area contributed by atoms with Crippen LogP contribution in [0.2, 0.25) is 0 Å². The Bertz CT molecular complexity index is 581. The molecule has 4 atom stereocenters. The average molecular weight is 343 g/mol. The Morgan fingerprint density at radius 3 is 2.08 bits per heavy atom. The molecule has 0 radical (unpaired) electrons. The molecule has 2 aliphatic carbocycles. The number of nitrogens with one attached hydrogen (secondary N) is 1. The molecule has 1 aliphatic heterocycles. The summed E-state index contributed by atoms with van der Waals surface area (Å²) in [6, 6.07) is 8.36. The van der Waals surface area contributed by atoms with E-state index in [4.69, 9.17) is 0 Å². The maximum Gasteiger partial charge on any atom is 0.269 e. The zero-order valence-electron chi connectivity index (χ0n) is 14.9. The topological polar surface area (TPSA) is 58.4 Å². The van der Waals surface area contributed by atoms with E-state index in [0.29, 0.717) is 12.1 Å². The molecule has 0 spiro atoms. The fraction of sp³-hybridized carbons (Fsp3) is 0.700. The smallest absolute Gasteiger partial charge is 0.258 e. The van der Waals surface area contributed by atoms with Crippen molar-refractivity contribution in [3.8, 4) is 0 Å². The van der Waals surface area contributed by atoms with Crippen LogP contribution < -0.4 is 5.43 Å². The molecule has 1 aromatic rings. The van der Waals surface area contributed by atoms with Gasteiger partial charge in [0.15, 0.2) is 0 Å². The molecule has 1 saturated heterocycles. The van der Waals surface area contributed by atoms with Gasteiger partial charge in [0.1, 0.15) is 0 Å². The van der Waals surface area contributed by atoms with E-state index in [9.17, 15) is 10.1 Å². The summed E-state index contributed by atoms with van der Waals surface area (Å²) in [6.07, 6.45) is 12.4. The molecule has 0 aromatic heterocycles. The van der Waals surface area contributed by atoms with Gasteiger partial charge in [0.2, 0.25) is 0 Å². The molecule has 5 nitrogen and oxygen atoms in total. The number of nitro benzene ring substituents is 1. The summed E-state index contributed by atoms with van der Waals surface area (Å²) in [6.45, 7) is 0.768. The van der Waals surface area contributed by atoms with Crippen molar-refractivity contribution in [2.75, 3.05) is 0 Å². The van der Waals surface area contributed by atoms with Gasteiger partial charge < -0.3 is 0 Å². The molecule has 1 aromatic carbocycles. The summed E-state index contributed by atoms with van der Waals surface area (Å²) in [5.74, 6) is 1.72. The molecule has 3 aliphatic rings. The van der Waals surface area contributed by atoms with Gasteiger partial charge in [-0.05, 0) is 49.5 Å². The molecule has 2 saturated carbocycles. The SMILES string of the molecule is O=[N+]([O-])c1ccc(CNN2[C@H]3CCCC[C@@H]3C[C@H]3CCCC[C@@H]32)cc1. The molecule has 5 heteroatoms. The van der Waals surface area contributed by atoms with Crippen LogP contribution in [0, 0.1) is 22.0 Å². The van der Waals surface area contributed by atoms with Crippen molar-refractivity contribution in [2.24, 2.45) is 11.8 Å². The highest BCUT2D eigenvalue weighted by molar-refractivity contribution is 5.32.